The number of nitrogens with two attached hydrogens (primary N) is 1. The van der Waals surface area contributed by atoms with Crippen molar-refractivity contribution in [2.75, 3.05) is 70.5 Å². The molecule has 0 atom stereocenters. The van der Waals surface area contributed by atoms with Crippen LogP contribution in [-0.2, 0) is 4.74 Å². The highest BCUT2D eigenvalue weighted by Crippen LogP contribution is 2.09. The third-order valence-corrected chi connectivity index (χ3v) is 4.23. The molecule has 8 heteroatoms. The highest BCUT2D eigenvalue weighted by Gasteiger charge is 2.19. The molecule has 2 aliphatic rings. The van der Waals surface area contributed by atoms with Gasteiger partial charge in [0, 0.05) is 58.2 Å². The number of morpholine rings is 1. The summed E-state index contributed by atoms with van der Waals surface area (Å²) >= 11 is 0. The summed E-state index contributed by atoms with van der Waals surface area (Å²) in [5.41, 5.74) is 6.13. The lowest BCUT2D eigenvalue weighted by Crippen LogP contribution is -2.51. The summed E-state index contributed by atoms with van der Waals surface area (Å²) in [6.07, 6.45) is 3.55. The van der Waals surface area contributed by atoms with E-state index in [2.05, 4.69) is 29.7 Å². The van der Waals surface area contributed by atoms with E-state index in [1.165, 1.54) is 0 Å². The van der Waals surface area contributed by atoms with Gasteiger partial charge in [-0.2, -0.15) is 0 Å². The van der Waals surface area contributed by atoms with Gasteiger partial charge in [-0.05, 0) is 6.07 Å². The second-order valence-corrected chi connectivity index (χ2v) is 5.72. The number of nitrogens with zero attached hydrogens (tertiary/aromatic N) is 6. The van der Waals surface area contributed by atoms with Crippen LogP contribution >= 0.6 is 0 Å². The second kappa shape index (κ2) is 8.07. The van der Waals surface area contributed by atoms with Crippen LogP contribution in [0.2, 0.25) is 0 Å². The normalized spacial score (nSPS) is 20.8. The highest BCUT2D eigenvalue weighted by molar-refractivity contribution is 5.78. The molecule has 0 aromatic carbocycles. The van der Waals surface area contributed by atoms with Crippen molar-refractivity contribution in [3.05, 3.63) is 18.5 Å². The lowest BCUT2D eigenvalue weighted by atomic mass is 10.3. The quantitative estimate of drug-likeness (QED) is 0.577. The second-order valence-electron chi connectivity index (χ2n) is 5.72. The zero-order chi connectivity index (χ0) is 15.9. The Kier molecular flexibility index (Phi) is 5.60. The minimum absolute atomic E-state index is 0.645. The highest BCUT2D eigenvalue weighted by atomic mass is 16.5. The van der Waals surface area contributed by atoms with E-state index in [0.717, 1.165) is 71.5 Å². The van der Waals surface area contributed by atoms with Gasteiger partial charge in [0.15, 0.2) is 5.96 Å². The Bertz CT molecular complexity index is 496. The lowest BCUT2D eigenvalue weighted by molar-refractivity contribution is 0.0394. The fraction of sp³-hybridized carbons (Fsp3) is 0.667. The van der Waals surface area contributed by atoms with E-state index >= 15 is 0 Å². The largest absolute Gasteiger partial charge is 0.379 e. The number of aliphatic imine (C=N–C) groups is 1. The van der Waals surface area contributed by atoms with Gasteiger partial charge in [-0.25, -0.2) is 9.97 Å². The van der Waals surface area contributed by atoms with Crippen molar-refractivity contribution in [3.63, 3.8) is 0 Å². The summed E-state index contributed by atoms with van der Waals surface area (Å²) in [4.78, 5) is 19.8. The van der Waals surface area contributed by atoms with Crippen molar-refractivity contribution in [2.24, 2.45) is 10.7 Å². The van der Waals surface area contributed by atoms with Crippen molar-refractivity contribution in [1.82, 2.24) is 19.8 Å². The Morgan fingerprint density at radius 3 is 2.48 bits per heavy atom. The molecule has 1 aromatic heterocycles. The summed E-state index contributed by atoms with van der Waals surface area (Å²) in [7, 11) is 0. The van der Waals surface area contributed by atoms with Crippen molar-refractivity contribution in [3.8, 4) is 0 Å². The van der Waals surface area contributed by atoms with Crippen molar-refractivity contribution in [1.29, 1.82) is 0 Å². The molecule has 23 heavy (non-hydrogen) atoms. The van der Waals surface area contributed by atoms with Gasteiger partial charge in [-0.1, -0.05) is 0 Å². The zero-order valence-corrected chi connectivity index (χ0v) is 13.5. The molecule has 0 unspecified atom stereocenters. The molecule has 0 spiro atoms. The van der Waals surface area contributed by atoms with Gasteiger partial charge in [0.05, 0.1) is 19.8 Å². The number of rotatable bonds is 4. The molecule has 2 aliphatic heterocycles. The molecule has 1 aromatic rings. The van der Waals surface area contributed by atoms with Crippen molar-refractivity contribution >= 4 is 11.9 Å². The Balaban J connectivity index is 1.42. The Hall–Kier alpha value is -1.93. The van der Waals surface area contributed by atoms with Gasteiger partial charge in [0.2, 0.25) is 5.95 Å². The number of guanidine groups is 1. The molecule has 3 heterocycles. The Labute approximate surface area is 137 Å². The zero-order valence-electron chi connectivity index (χ0n) is 13.5. The van der Waals surface area contributed by atoms with Gasteiger partial charge in [-0.3, -0.25) is 9.89 Å². The molecule has 126 valence electrons. The predicted octanol–water partition coefficient (Wildman–Crippen LogP) is -0.754. The average molecular weight is 319 g/mol. The molecule has 0 aliphatic carbocycles. The van der Waals surface area contributed by atoms with E-state index in [0.29, 0.717) is 5.96 Å². The average Bonchev–Trinajstić information content (AvgIpc) is 2.63. The lowest BCUT2D eigenvalue weighted by Gasteiger charge is -2.35. The summed E-state index contributed by atoms with van der Waals surface area (Å²) in [5.74, 6) is 1.43. The fourth-order valence-corrected chi connectivity index (χ4v) is 2.82. The third-order valence-electron chi connectivity index (χ3n) is 4.23. The van der Waals surface area contributed by atoms with Gasteiger partial charge < -0.3 is 20.3 Å². The van der Waals surface area contributed by atoms with Crippen LogP contribution in [0.5, 0.6) is 0 Å². The van der Waals surface area contributed by atoms with Crippen LogP contribution in [0.25, 0.3) is 0 Å². The maximum Gasteiger partial charge on any atom is 0.225 e. The predicted molar refractivity (Wildman–Crippen MR) is 89.6 cm³/mol. The first-order valence-electron chi connectivity index (χ1n) is 8.20. The number of ether oxygens (including phenoxy) is 1. The molecule has 0 amide bonds. The summed E-state index contributed by atoms with van der Waals surface area (Å²) in [6, 6.07) is 1.83. The summed E-state index contributed by atoms with van der Waals surface area (Å²) in [5, 5.41) is 0. The van der Waals surface area contributed by atoms with E-state index in [4.69, 9.17) is 10.5 Å². The van der Waals surface area contributed by atoms with Gasteiger partial charge in [0.25, 0.3) is 0 Å². The molecular weight excluding hydrogens is 294 g/mol. The molecular formula is C15H25N7O. The molecule has 0 bridgehead atoms. The van der Waals surface area contributed by atoms with E-state index in [1.54, 1.807) is 12.4 Å². The van der Waals surface area contributed by atoms with E-state index in [-0.39, 0.29) is 0 Å². The van der Waals surface area contributed by atoms with Crippen LogP contribution in [0.1, 0.15) is 0 Å². The van der Waals surface area contributed by atoms with Crippen LogP contribution in [0.15, 0.2) is 23.5 Å². The minimum Gasteiger partial charge on any atom is -0.379 e. The smallest absolute Gasteiger partial charge is 0.225 e. The fourth-order valence-electron chi connectivity index (χ4n) is 2.82. The molecule has 0 saturated carbocycles. The van der Waals surface area contributed by atoms with Crippen LogP contribution in [0.3, 0.4) is 0 Å². The number of piperazine rings is 1. The molecule has 8 nitrogen and oxygen atoms in total. The number of hydrogen-bond donors (Lipinski definition) is 1. The first-order chi connectivity index (χ1) is 11.3. The van der Waals surface area contributed by atoms with Gasteiger partial charge in [-0.15, -0.1) is 0 Å². The molecule has 2 N–H and O–H groups in total. The van der Waals surface area contributed by atoms with Crippen LogP contribution in [0.4, 0.5) is 5.95 Å². The number of aromatic nitrogens is 2. The molecule has 2 saturated heterocycles. The number of anilines is 1. The van der Waals surface area contributed by atoms with Gasteiger partial charge >= 0.3 is 0 Å². The van der Waals surface area contributed by atoms with Crippen molar-refractivity contribution < 1.29 is 4.74 Å². The first-order valence-corrected chi connectivity index (χ1v) is 8.20. The SMILES string of the molecule is NC(=NCCN1CCOCC1)N1CCN(c2ncccn2)CC1. The van der Waals surface area contributed by atoms with Crippen LogP contribution in [-0.4, -0.2) is 91.3 Å². The Morgan fingerprint density at radius 1 is 1.09 bits per heavy atom. The Morgan fingerprint density at radius 2 is 1.78 bits per heavy atom. The number of hydrogen-bond acceptors (Lipinski definition) is 6. The minimum atomic E-state index is 0.645. The molecule has 0 radical (unpaired) electrons. The first kappa shape index (κ1) is 15.9. The van der Waals surface area contributed by atoms with Gasteiger partial charge in [0.1, 0.15) is 0 Å². The van der Waals surface area contributed by atoms with Crippen LogP contribution in [0, 0.1) is 0 Å². The standard InChI is InChI=1S/C15H25N7O/c16-14(17-4-5-20-10-12-23-13-11-20)21-6-8-22(9-7-21)15-18-2-1-3-19-15/h1-3H,4-13H2,(H2,16,17). The topological polar surface area (TPSA) is 83.1 Å². The molecule has 2 fully saturated rings. The van der Waals surface area contributed by atoms with Crippen molar-refractivity contribution in [2.45, 2.75) is 0 Å². The maximum atomic E-state index is 6.13. The van der Waals surface area contributed by atoms with Crippen LogP contribution < -0.4 is 10.6 Å². The molecule has 3 rings (SSSR count). The summed E-state index contributed by atoms with van der Waals surface area (Å²) in [6.45, 7) is 8.75. The van der Waals surface area contributed by atoms with E-state index in [9.17, 15) is 0 Å². The maximum absolute atomic E-state index is 6.13. The summed E-state index contributed by atoms with van der Waals surface area (Å²) < 4.78 is 5.34. The van der Waals surface area contributed by atoms with E-state index < -0.39 is 0 Å². The monoisotopic (exact) mass is 319 g/mol. The third kappa shape index (κ3) is 4.52. The van der Waals surface area contributed by atoms with E-state index in [1.807, 2.05) is 6.07 Å².